The van der Waals surface area contributed by atoms with E-state index in [2.05, 4.69) is 22.2 Å². The van der Waals surface area contributed by atoms with Crippen molar-refractivity contribution in [2.75, 3.05) is 27.2 Å². The van der Waals surface area contributed by atoms with Crippen molar-refractivity contribution in [1.82, 2.24) is 15.5 Å². The third kappa shape index (κ3) is 6.61. The van der Waals surface area contributed by atoms with Crippen LogP contribution < -0.4 is 10.6 Å². The zero-order valence-electron chi connectivity index (χ0n) is 12.8. The molecule has 0 aromatic heterocycles. The third-order valence-electron chi connectivity index (χ3n) is 2.96. The SMILES string of the molecule is C=CCNC(=NC)NCCC(=O)N(C)Cc1ccccc1. The van der Waals surface area contributed by atoms with Gasteiger partial charge in [-0.05, 0) is 5.56 Å². The van der Waals surface area contributed by atoms with E-state index >= 15 is 0 Å². The molecule has 0 aliphatic carbocycles. The van der Waals surface area contributed by atoms with E-state index in [1.165, 1.54) is 0 Å². The van der Waals surface area contributed by atoms with Gasteiger partial charge in [-0.2, -0.15) is 0 Å². The molecule has 1 rings (SSSR count). The van der Waals surface area contributed by atoms with Gasteiger partial charge in [0.05, 0.1) is 0 Å². The number of guanidine groups is 1. The second-order valence-corrected chi connectivity index (χ2v) is 4.65. The molecule has 0 heterocycles. The molecule has 1 aromatic rings. The van der Waals surface area contributed by atoms with Crippen molar-refractivity contribution in [3.63, 3.8) is 0 Å². The van der Waals surface area contributed by atoms with Crippen LogP contribution in [0.2, 0.25) is 0 Å². The van der Waals surface area contributed by atoms with Crippen molar-refractivity contribution in [3.8, 4) is 0 Å². The topological polar surface area (TPSA) is 56.7 Å². The van der Waals surface area contributed by atoms with Crippen LogP contribution in [0, 0.1) is 0 Å². The predicted molar refractivity (Wildman–Crippen MR) is 87.1 cm³/mol. The molecule has 0 aliphatic heterocycles. The van der Waals surface area contributed by atoms with Gasteiger partial charge in [-0.25, -0.2) is 0 Å². The summed E-state index contributed by atoms with van der Waals surface area (Å²) in [4.78, 5) is 17.8. The van der Waals surface area contributed by atoms with Crippen LogP contribution in [0.5, 0.6) is 0 Å². The van der Waals surface area contributed by atoms with E-state index in [1.54, 1.807) is 18.0 Å². The summed E-state index contributed by atoms with van der Waals surface area (Å²) in [7, 11) is 3.52. The molecule has 0 atom stereocenters. The molecule has 0 bridgehead atoms. The predicted octanol–water partition coefficient (Wildman–Crippen LogP) is 1.39. The van der Waals surface area contributed by atoms with Gasteiger partial charge in [0.2, 0.25) is 5.91 Å². The Bertz CT molecular complexity index is 470. The molecule has 0 saturated heterocycles. The Morgan fingerprint density at radius 3 is 2.67 bits per heavy atom. The summed E-state index contributed by atoms with van der Waals surface area (Å²) in [6, 6.07) is 9.96. The number of nitrogens with one attached hydrogen (secondary N) is 2. The third-order valence-corrected chi connectivity index (χ3v) is 2.96. The first kappa shape index (κ1) is 16.8. The molecule has 5 nitrogen and oxygen atoms in total. The van der Waals surface area contributed by atoms with Crippen molar-refractivity contribution < 1.29 is 4.79 Å². The van der Waals surface area contributed by atoms with E-state index in [0.717, 1.165) is 5.56 Å². The highest BCUT2D eigenvalue weighted by molar-refractivity contribution is 5.81. The summed E-state index contributed by atoms with van der Waals surface area (Å²) >= 11 is 0. The highest BCUT2D eigenvalue weighted by Gasteiger charge is 2.09. The lowest BCUT2D eigenvalue weighted by molar-refractivity contribution is -0.130. The molecule has 0 saturated carbocycles. The van der Waals surface area contributed by atoms with Crippen LogP contribution in [0.3, 0.4) is 0 Å². The smallest absolute Gasteiger partial charge is 0.224 e. The van der Waals surface area contributed by atoms with E-state index in [-0.39, 0.29) is 5.91 Å². The van der Waals surface area contributed by atoms with Crippen LogP contribution in [0.15, 0.2) is 48.0 Å². The number of carbonyl (C=O) groups is 1. The molecule has 0 spiro atoms. The Morgan fingerprint density at radius 1 is 1.33 bits per heavy atom. The minimum atomic E-state index is 0.102. The van der Waals surface area contributed by atoms with Gasteiger partial charge in [-0.15, -0.1) is 6.58 Å². The lowest BCUT2D eigenvalue weighted by Crippen LogP contribution is -2.39. The maximum atomic E-state index is 12.0. The molecule has 0 fully saturated rings. The fourth-order valence-corrected chi connectivity index (χ4v) is 1.81. The van der Waals surface area contributed by atoms with E-state index in [4.69, 9.17) is 0 Å². The summed E-state index contributed by atoms with van der Waals surface area (Å²) in [6.45, 7) is 5.45. The second-order valence-electron chi connectivity index (χ2n) is 4.65. The largest absolute Gasteiger partial charge is 0.356 e. The van der Waals surface area contributed by atoms with E-state index in [9.17, 15) is 4.79 Å². The van der Waals surface area contributed by atoms with Crippen LogP contribution in [0.1, 0.15) is 12.0 Å². The normalized spacial score (nSPS) is 10.9. The Morgan fingerprint density at radius 2 is 2.05 bits per heavy atom. The Balaban J connectivity index is 2.31. The van der Waals surface area contributed by atoms with Gasteiger partial charge in [0.1, 0.15) is 0 Å². The van der Waals surface area contributed by atoms with Crippen LogP contribution in [-0.4, -0.2) is 44.0 Å². The first-order valence-corrected chi connectivity index (χ1v) is 7.00. The molecule has 21 heavy (non-hydrogen) atoms. The summed E-state index contributed by atoms with van der Waals surface area (Å²) in [6.07, 6.45) is 2.18. The van der Waals surface area contributed by atoms with E-state index in [0.29, 0.717) is 32.0 Å². The first-order chi connectivity index (χ1) is 10.2. The summed E-state index contributed by atoms with van der Waals surface area (Å²) in [5.74, 6) is 0.777. The zero-order valence-corrected chi connectivity index (χ0v) is 12.8. The molecule has 0 radical (unpaired) electrons. The van der Waals surface area contributed by atoms with Crippen molar-refractivity contribution in [3.05, 3.63) is 48.6 Å². The van der Waals surface area contributed by atoms with Crippen LogP contribution in [-0.2, 0) is 11.3 Å². The minimum Gasteiger partial charge on any atom is -0.356 e. The van der Waals surface area contributed by atoms with Gasteiger partial charge in [0.15, 0.2) is 5.96 Å². The molecule has 1 amide bonds. The average Bonchev–Trinajstić information content (AvgIpc) is 2.51. The molecule has 114 valence electrons. The maximum Gasteiger partial charge on any atom is 0.224 e. The molecular weight excluding hydrogens is 264 g/mol. The number of benzene rings is 1. The molecular formula is C16H24N4O. The fraction of sp³-hybridized carbons (Fsp3) is 0.375. The van der Waals surface area contributed by atoms with Crippen LogP contribution in [0.4, 0.5) is 0 Å². The highest BCUT2D eigenvalue weighted by Crippen LogP contribution is 2.03. The van der Waals surface area contributed by atoms with Crippen LogP contribution in [0.25, 0.3) is 0 Å². The average molecular weight is 288 g/mol. The second kappa shape index (κ2) is 9.58. The lowest BCUT2D eigenvalue weighted by atomic mass is 10.2. The van der Waals surface area contributed by atoms with Crippen molar-refractivity contribution in [2.24, 2.45) is 4.99 Å². The quantitative estimate of drug-likeness (QED) is 0.453. The molecule has 0 unspecified atom stereocenters. The summed E-state index contributed by atoms with van der Waals surface area (Å²) < 4.78 is 0. The number of rotatable bonds is 7. The van der Waals surface area contributed by atoms with Gasteiger partial charge < -0.3 is 15.5 Å². The number of amides is 1. The number of hydrogen-bond acceptors (Lipinski definition) is 2. The number of hydrogen-bond donors (Lipinski definition) is 2. The van der Waals surface area contributed by atoms with E-state index in [1.807, 2.05) is 37.4 Å². The highest BCUT2D eigenvalue weighted by atomic mass is 16.2. The molecule has 1 aromatic carbocycles. The maximum absolute atomic E-state index is 12.0. The first-order valence-electron chi connectivity index (χ1n) is 7.00. The van der Waals surface area contributed by atoms with Crippen LogP contribution >= 0.6 is 0 Å². The van der Waals surface area contributed by atoms with Crippen molar-refractivity contribution >= 4 is 11.9 Å². The minimum absolute atomic E-state index is 0.102. The Hall–Kier alpha value is -2.30. The molecule has 5 heteroatoms. The van der Waals surface area contributed by atoms with E-state index < -0.39 is 0 Å². The number of carbonyl (C=O) groups excluding carboxylic acids is 1. The Kier molecular flexibility index (Phi) is 7.64. The lowest BCUT2D eigenvalue weighted by Gasteiger charge is -2.18. The monoisotopic (exact) mass is 288 g/mol. The number of aliphatic imine (C=N–C) groups is 1. The van der Waals surface area contributed by atoms with Crippen molar-refractivity contribution in [1.29, 1.82) is 0 Å². The van der Waals surface area contributed by atoms with Crippen molar-refractivity contribution in [2.45, 2.75) is 13.0 Å². The van der Waals surface area contributed by atoms with Gasteiger partial charge >= 0.3 is 0 Å². The molecule has 0 aliphatic rings. The summed E-state index contributed by atoms with van der Waals surface area (Å²) in [5.41, 5.74) is 1.13. The molecule has 2 N–H and O–H groups in total. The Labute approximate surface area is 126 Å². The zero-order chi connectivity index (χ0) is 15.5. The summed E-state index contributed by atoms with van der Waals surface area (Å²) in [5, 5.41) is 6.16. The van der Waals surface area contributed by atoms with Gasteiger partial charge in [0.25, 0.3) is 0 Å². The fourth-order valence-electron chi connectivity index (χ4n) is 1.81. The number of nitrogens with zero attached hydrogens (tertiary/aromatic N) is 2. The standard InChI is InChI=1S/C16H24N4O/c1-4-11-18-16(17-2)19-12-10-15(21)20(3)13-14-8-6-5-7-9-14/h4-9H,1,10-13H2,2-3H3,(H2,17,18,19). The van der Waals surface area contributed by atoms with Gasteiger partial charge in [-0.1, -0.05) is 36.4 Å². The van der Waals surface area contributed by atoms with Gasteiger partial charge in [-0.3, -0.25) is 9.79 Å². The van der Waals surface area contributed by atoms with Gasteiger partial charge in [0, 0.05) is 40.2 Å².